The van der Waals surface area contributed by atoms with Crippen LogP contribution in [-0.4, -0.2) is 26.4 Å². The second kappa shape index (κ2) is 9.35. The van der Waals surface area contributed by atoms with E-state index >= 15 is 0 Å². The zero-order valence-electron chi connectivity index (χ0n) is 19.7. The van der Waals surface area contributed by atoms with E-state index in [0.29, 0.717) is 28.2 Å². The molecule has 1 amide bonds. The first-order valence-electron chi connectivity index (χ1n) is 11.2. The number of nitrogens with zero attached hydrogens (tertiary/aromatic N) is 4. The highest BCUT2D eigenvalue weighted by atomic mass is 32.2. The summed E-state index contributed by atoms with van der Waals surface area (Å²) in [6.07, 6.45) is 4.59. The van der Waals surface area contributed by atoms with Crippen LogP contribution in [0.5, 0.6) is 0 Å². The Balaban J connectivity index is 1.46. The highest BCUT2D eigenvalue weighted by Crippen LogP contribution is 2.44. The number of aryl methyl sites for hydroxylation is 1. The quantitative estimate of drug-likeness (QED) is 0.453. The Bertz CT molecular complexity index is 1210. The molecule has 1 aliphatic carbocycles. The number of carbonyl (C=O) groups is 1. The molecule has 1 aliphatic rings. The number of hydrogen-bond acceptors (Lipinski definition) is 7. The predicted octanol–water partition coefficient (Wildman–Crippen LogP) is 5.68. The third kappa shape index (κ3) is 4.73. The van der Waals surface area contributed by atoms with E-state index in [2.05, 4.69) is 42.4 Å². The van der Waals surface area contributed by atoms with Crippen molar-refractivity contribution in [3.8, 4) is 17.5 Å². The second-order valence-corrected chi connectivity index (χ2v) is 11.5. The Morgan fingerprint density at radius 1 is 1.42 bits per heavy atom. The Morgan fingerprint density at radius 2 is 2.21 bits per heavy atom. The van der Waals surface area contributed by atoms with Crippen molar-refractivity contribution in [1.82, 2.24) is 14.8 Å². The molecule has 4 rings (SSSR count). The van der Waals surface area contributed by atoms with Gasteiger partial charge in [-0.25, -0.2) is 0 Å². The average Bonchev–Trinajstić information content (AvgIpc) is 3.46. The molecule has 1 atom stereocenters. The van der Waals surface area contributed by atoms with Gasteiger partial charge in [-0.3, -0.25) is 4.79 Å². The number of thioether (sulfide) groups is 1. The van der Waals surface area contributed by atoms with Gasteiger partial charge in [-0.1, -0.05) is 32.5 Å². The summed E-state index contributed by atoms with van der Waals surface area (Å²) in [6.45, 7) is 11.4. The number of aromatic nitrogens is 3. The number of fused-ring (bicyclic) bond motifs is 1. The third-order valence-corrected chi connectivity index (χ3v) is 8.46. The van der Waals surface area contributed by atoms with Gasteiger partial charge in [-0.15, -0.1) is 21.5 Å². The molecule has 7 nitrogen and oxygen atoms in total. The fourth-order valence-corrected chi connectivity index (χ4v) is 6.42. The third-order valence-electron chi connectivity index (χ3n) is 6.32. The SMILES string of the molecule is CCn1c(SCC(=O)Nc2sc3c(c2C#N)CCC(C(C)(C)C)C3)nnc1-c1ccoc1C. The van der Waals surface area contributed by atoms with Gasteiger partial charge in [0.1, 0.15) is 16.8 Å². The molecule has 1 unspecified atom stereocenters. The van der Waals surface area contributed by atoms with E-state index in [9.17, 15) is 10.1 Å². The second-order valence-electron chi connectivity index (χ2n) is 9.40. The van der Waals surface area contributed by atoms with Crippen LogP contribution in [0.4, 0.5) is 5.00 Å². The average molecular weight is 484 g/mol. The molecular formula is C24H29N5O2S2. The lowest BCUT2D eigenvalue weighted by molar-refractivity contribution is -0.113. The van der Waals surface area contributed by atoms with Crippen LogP contribution in [0.3, 0.4) is 0 Å². The molecule has 3 aromatic rings. The van der Waals surface area contributed by atoms with E-state index < -0.39 is 0 Å². The molecule has 0 bridgehead atoms. The van der Waals surface area contributed by atoms with Crippen molar-refractivity contribution in [3.05, 3.63) is 34.1 Å². The minimum Gasteiger partial charge on any atom is -0.469 e. The first kappa shape index (κ1) is 23.6. The number of anilines is 1. The number of rotatable bonds is 6. The van der Waals surface area contributed by atoms with E-state index in [1.165, 1.54) is 16.6 Å². The summed E-state index contributed by atoms with van der Waals surface area (Å²) in [7, 11) is 0. The number of hydrogen-bond donors (Lipinski definition) is 1. The minimum absolute atomic E-state index is 0.144. The van der Waals surface area contributed by atoms with Gasteiger partial charge in [0.25, 0.3) is 0 Å². The van der Waals surface area contributed by atoms with Gasteiger partial charge in [0.15, 0.2) is 11.0 Å². The summed E-state index contributed by atoms with van der Waals surface area (Å²) in [4.78, 5) is 14.0. The summed E-state index contributed by atoms with van der Waals surface area (Å²) in [5.74, 6) is 2.15. The summed E-state index contributed by atoms with van der Waals surface area (Å²) in [5.41, 5.74) is 2.89. The summed E-state index contributed by atoms with van der Waals surface area (Å²) >= 11 is 2.90. The van der Waals surface area contributed by atoms with E-state index in [1.807, 2.05) is 24.5 Å². The maximum atomic E-state index is 12.8. The van der Waals surface area contributed by atoms with Crippen LogP contribution in [0.1, 0.15) is 55.9 Å². The molecule has 3 heterocycles. The zero-order chi connectivity index (χ0) is 23.8. The molecule has 0 spiro atoms. The monoisotopic (exact) mass is 483 g/mol. The standard InChI is InChI=1S/C24H29N5O2S2/c1-6-29-21(16-9-10-31-14(16)2)27-28-23(29)32-13-20(30)26-22-18(12-25)17-8-7-15(24(3,4)5)11-19(17)33-22/h9-10,15H,6-8,11,13H2,1-5H3,(H,26,30). The first-order valence-corrected chi connectivity index (χ1v) is 13.0. The van der Waals surface area contributed by atoms with Crippen molar-refractivity contribution >= 4 is 34.0 Å². The molecule has 3 aromatic heterocycles. The Hall–Kier alpha value is -2.57. The number of nitrogens with one attached hydrogen (secondary N) is 1. The maximum Gasteiger partial charge on any atom is 0.235 e. The van der Waals surface area contributed by atoms with E-state index in [1.54, 1.807) is 17.6 Å². The molecule has 0 saturated carbocycles. The number of thiophene rings is 1. The number of nitriles is 1. The van der Waals surface area contributed by atoms with Gasteiger partial charge in [0, 0.05) is 11.4 Å². The summed E-state index contributed by atoms with van der Waals surface area (Å²) in [6, 6.07) is 4.21. The maximum absolute atomic E-state index is 12.8. The highest BCUT2D eigenvalue weighted by Gasteiger charge is 2.32. The van der Waals surface area contributed by atoms with Crippen LogP contribution in [0.25, 0.3) is 11.4 Å². The van der Waals surface area contributed by atoms with E-state index in [-0.39, 0.29) is 17.1 Å². The minimum atomic E-state index is -0.144. The lowest BCUT2D eigenvalue weighted by atomic mass is 9.72. The van der Waals surface area contributed by atoms with Gasteiger partial charge in [0.2, 0.25) is 5.91 Å². The van der Waals surface area contributed by atoms with Crippen molar-refractivity contribution in [1.29, 1.82) is 5.26 Å². The van der Waals surface area contributed by atoms with Crippen molar-refractivity contribution < 1.29 is 9.21 Å². The van der Waals surface area contributed by atoms with Crippen molar-refractivity contribution in [2.45, 2.75) is 65.6 Å². The topological polar surface area (TPSA) is 96.7 Å². The summed E-state index contributed by atoms with van der Waals surface area (Å²) < 4.78 is 7.38. The summed E-state index contributed by atoms with van der Waals surface area (Å²) in [5, 5.41) is 22.7. The van der Waals surface area contributed by atoms with Crippen molar-refractivity contribution in [2.24, 2.45) is 11.3 Å². The molecular weight excluding hydrogens is 454 g/mol. The van der Waals surface area contributed by atoms with E-state index in [0.717, 1.165) is 42.0 Å². The van der Waals surface area contributed by atoms with Gasteiger partial charge >= 0.3 is 0 Å². The molecule has 33 heavy (non-hydrogen) atoms. The predicted molar refractivity (Wildman–Crippen MR) is 131 cm³/mol. The lowest BCUT2D eigenvalue weighted by Crippen LogP contribution is -2.26. The molecule has 9 heteroatoms. The first-order chi connectivity index (χ1) is 15.7. The molecule has 174 valence electrons. The lowest BCUT2D eigenvalue weighted by Gasteiger charge is -2.33. The van der Waals surface area contributed by atoms with Crippen LogP contribution in [0, 0.1) is 29.6 Å². The number of amides is 1. The molecule has 0 saturated heterocycles. The van der Waals surface area contributed by atoms with E-state index in [4.69, 9.17) is 4.42 Å². The number of furan rings is 1. The van der Waals surface area contributed by atoms with Crippen LogP contribution < -0.4 is 5.32 Å². The zero-order valence-corrected chi connectivity index (χ0v) is 21.3. The molecule has 1 N–H and O–H groups in total. The molecule has 0 aromatic carbocycles. The normalized spacial score (nSPS) is 15.8. The van der Waals surface area contributed by atoms with Crippen molar-refractivity contribution in [2.75, 3.05) is 11.1 Å². The molecule has 0 radical (unpaired) electrons. The fourth-order valence-electron chi connectivity index (χ4n) is 4.32. The Morgan fingerprint density at radius 3 is 2.85 bits per heavy atom. The Labute approximate surface area is 202 Å². The van der Waals surface area contributed by atoms with Gasteiger partial charge in [-0.2, -0.15) is 5.26 Å². The van der Waals surface area contributed by atoms with Crippen LogP contribution >= 0.6 is 23.1 Å². The van der Waals surface area contributed by atoms with Crippen LogP contribution in [0.15, 0.2) is 21.9 Å². The number of carbonyl (C=O) groups excluding carboxylic acids is 1. The fraction of sp³-hybridized carbons (Fsp3) is 0.500. The molecule has 0 fully saturated rings. The van der Waals surface area contributed by atoms with Crippen LogP contribution in [-0.2, 0) is 24.2 Å². The Kier molecular flexibility index (Phi) is 6.68. The largest absolute Gasteiger partial charge is 0.469 e. The van der Waals surface area contributed by atoms with Gasteiger partial charge < -0.3 is 14.3 Å². The smallest absolute Gasteiger partial charge is 0.235 e. The molecule has 0 aliphatic heterocycles. The van der Waals surface area contributed by atoms with Crippen LogP contribution in [0.2, 0.25) is 0 Å². The van der Waals surface area contributed by atoms with Gasteiger partial charge in [-0.05, 0) is 56.1 Å². The van der Waals surface area contributed by atoms with Gasteiger partial charge in [0.05, 0.1) is 23.1 Å². The van der Waals surface area contributed by atoms with Crippen molar-refractivity contribution in [3.63, 3.8) is 0 Å². The highest BCUT2D eigenvalue weighted by molar-refractivity contribution is 7.99.